The van der Waals surface area contributed by atoms with Crippen molar-refractivity contribution in [1.82, 2.24) is 4.90 Å². The lowest BCUT2D eigenvalue weighted by Crippen LogP contribution is -2.34. The molecule has 3 aromatic carbocycles. The third kappa shape index (κ3) is 3.43. The van der Waals surface area contributed by atoms with Crippen molar-refractivity contribution in [2.24, 2.45) is 0 Å². The van der Waals surface area contributed by atoms with Crippen molar-refractivity contribution in [2.75, 3.05) is 20.2 Å². The Morgan fingerprint density at radius 3 is 2.44 bits per heavy atom. The van der Waals surface area contributed by atoms with Crippen molar-refractivity contribution in [3.05, 3.63) is 81.7 Å². The lowest BCUT2D eigenvalue weighted by Gasteiger charge is -2.36. The summed E-state index contributed by atoms with van der Waals surface area (Å²) in [6.45, 7) is 3.82. The number of methoxy groups -OCH3 is 1. The third-order valence-electron chi connectivity index (χ3n) is 6.60. The smallest absolute Gasteiger partial charge is 0.336 e. The number of ether oxygens (including phenoxy) is 1. The molecule has 1 aromatic heterocycles. The zero-order valence-corrected chi connectivity index (χ0v) is 18.4. The second-order valence-electron chi connectivity index (χ2n) is 8.53. The van der Waals surface area contributed by atoms with Crippen molar-refractivity contribution in [3.8, 4) is 11.5 Å². The SMILES string of the molecule is COc1ccccc1[C@H](c1ccc2c(ccc3c(C)cc(=O)oc32)c1O)N1CCCCC1. The molecule has 5 nitrogen and oxygen atoms in total. The predicted molar refractivity (Wildman–Crippen MR) is 127 cm³/mol. The van der Waals surface area contributed by atoms with Gasteiger partial charge in [-0.05, 0) is 56.6 Å². The quantitative estimate of drug-likeness (QED) is 0.341. The van der Waals surface area contributed by atoms with Gasteiger partial charge in [0, 0.05) is 33.4 Å². The van der Waals surface area contributed by atoms with Crippen LogP contribution in [0.3, 0.4) is 0 Å². The van der Waals surface area contributed by atoms with Gasteiger partial charge in [-0.15, -0.1) is 0 Å². The molecule has 5 heteroatoms. The fourth-order valence-electron chi connectivity index (χ4n) is 5.03. The largest absolute Gasteiger partial charge is 0.507 e. The molecule has 1 aliphatic rings. The summed E-state index contributed by atoms with van der Waals surface area (Å²) in [5.41, 5.74) is 2.86. The Hall–Kier alpha value is -3.31. The summed E-state index contributed by atoms with van der Waals surface area (Å²) in [5.74, 6) is 1.03. The van der Waals surface area contributed by atoms with Crippen LogP contribution in [-0.4, -0.2) is 30.2 Å². The maximum absolute atomic E-state index is 12.0. The van der Waals surface area contributed by atoms with E-state index in [4.69, 9.17) is 9.15 Å². The van der Waals surface area contributed by atoms with E-state index >= 15 is 0 Å². The van der Waals surface area contributed by atoms with E-state index in [0.717, 1.165) is 59.1 Å². The number of piperidine rings is 1. The van der Waals surface area contributed by atoms with E-state index in [0.29, 0.717) is 11.0 Å². The van der Waals surface area contributed by atoms with E-state index in [-0.39, 0.29) is 17.4 Å². The zero-order chi connectivity index (χ0) is 22.2. The minimum Gasteiger partial charge on any atom is -0.507 e. The Morgan fingerprint density at radius 1 is 0.938 bits per heavy atom. The number of benzene rings is 3. The summed E-state index contributed by atoms with van der Waals surface area (Å²) >= 11 is 0. The van der Waals surface area contributed by atoms with E-state index in [1.165, 1.54) is 12.5 Å². The van der Waals surface area contributed by atoms with Gasteiger partial charge in [0.25, 0.3) is 0 Å². The first kappa shape index (κ1) is 20.6. The zero-order valence-electron chi connectivity index (χ0n) is 18.4. The molecule has 0 saturated carbocycles. The molecule has 1 saturated heterocycles. The summed E-state index contributed by atoms with van der Waals surface area (Å²) in [7, 11) is 1.68. The van der Waals surface area contributed by atoms with Crippen molar-refractivity contribution in [2.45, 2.75) is 32.2 Å². The van der Waals surface area contributed by atoms with Crippen LogP contribution >= 0.6 is 0 Å². The highest BCUT2D eigenvalue weighted by atomic mass is 16.5. The van der Waals surface area contributed by atoms with Crippen molar-refractivity contribution in [3.63, 3.8) is 0 Å². The van der Waals surface area contributed by atoms with Crippen molar-refractivity contribution < 1.29 is 14.3 Å². The van der Waals surface area contributed by atoms with E-state index in [9.17, 15) is 9.90 Å². The van der Waals surface area contributed by atoms with Gasteiger partial charge in [-0.1, -0.05) is 36.8 Å². The van der Waals surface area contributed by atoms with Gasteiger partial charge in [-0.25, -0.2) is 4.79 Å². The molecular formula is C27H27NO4. The van der Waals surface area contributed by atoms with Gasteiger partial charge in [-0.2, -0.15) is 0 Å². The average molecular weight is 430 g/mol. The Kier molecular flexibility index (Phi) is 5.35. The number of likely N-dealkylation sites (tertiary alicyclic amines) is 1. The van der Waals surface area contributed by atoms with Crippen LogP contribution in [0.2, 0.25) is 0 Å². The monoisotopic (exact) mass is 429 g/mol. The van der Waals surface area contributed by atoms with Crippen molar-refractivity contribution >= 4 is 21.7 Å². The second kappa shape index (κ2) is 8.32. The number of aryl methyl sites for hydroxylation is 1. The van der Waals surface area contributed by atoms with E-state index in [1.807, 2.05) is 49.4 Å². The molecule has 4 aromatic rings. The molecule has 5 rings (SSSR count). The van der Waals surface area contributed by atoms with Crippen LogP contribution in [0.25, 0.3) is 21.7 Å². The lowest BCUT2D eigenvalue weighted by atomic mass is 9.91. The van der Waals surface area contributed by atoms with Gasteiger partial charge in [0.1, 0.15) is 17.1 Å². The molecule has 1 atom stereocenters. The molecule has 1 aliphatic heterocycles. The standard InChI is InChI=1S/C27H27NO4/c1-17-16-24(29)32-27-18(17)10-11-19-20(27)12-13-22(26(19)30)25(28-14-6-3-7-15-28)21-8-4-5-9-23(21)31-2/h4-5,8-13,16,25,30H,3,6-7,14-15H2,1-2H3/t25-/m1/s1. The molecule has 0 amide bonds. The summed E-state index contributed by atoms with van der Waals surface area (Å²) in [6, 6.07) is 17.1. The second-order valence-corrected chi connectivity index (χ2v) is 8.53. The number of rotatable bonds is 4. The third-order valence-corrected chi connectivity index (χ3v) is 6.60. The number of fused-ring (bicyclic) bond motifs is 3. The highest BCUT2D eigenvalue weighted by Gasteiger charge is 2.29. The molecule has 0 spiro atoms. The van der Waals surface area contributed by atoms with Crippen LogP contribution in [0.4, 0.5) is 0 Å². The van der Waals surface area contributed by atoms with Crippen LogP contribution < -0.4 is 10.4 Å². The number of nitrogens with zero attached hydrogens (tertiary/aromatic N) is 1. The molecule has 1 N–H and O–H groups in total. The van der Waals surface area contributed by atoms with Crippen LogP contribution in [0.5, 0.6) is 11.5 Å². The Bertz CT molecular complexity index is 1350. The molecule has 2 heterocycles. The Balaban J connectivity index is 1.75. The van der Waals surface area contributed by atoms with Crippen LogP contribution in [0.15, 0.2) is 63.8 Å². The normalized spacial score (nSPS) is 15.8. The maximum Gasteiger partial charge on any atom is 0.336 e. The molecule has 1 fully saturated rings. The minimum atomic E-state index is -0.383. The van der Waals surface area contributed by atoms with Gasteiger partial charge in [-0.3, -0.25) is 4.90 Å². The lowest BCUT2D eigenvalue weighted by molar-refractivity contribution is 0.182. The van der Waals surface area contributed by atoms with E-state index in [2.05, 4.69) is 11.0 Å². The summed E-state index contributed by atoms with van der Waals surface area (Å²) in [6.07, 6.45) is 3.49. The van der Waals surface area contributed by atoms with Gasteiger partial charge in [0.05, 0.1) is 13.2 Å². The van der Waals surface area contributed by atoms with Gasteiger partial charge in [0.2, 0.25) is 0 Å². The molecule has 32 heavy (non-hydrogen) atoms. The van der Waals surface area contributed by atoms with Crippen LogP contribution in [0.1, 0.15) is 42.0 Å². The molecule has 0 aliphatic carbocycles. The first-order chi connectivity index (χ1) is 15.6. The molecular weight excluding hydrogens is 402 g/mol. The number of para-hydroxylation sites is 1. The van der Waals surface area contributed by atoms with Gasteiger partial charge in [0.15, 0.2) is 0 Å². The summed E-state index contributed by atoms with van der Waals surface area (Å²) in [4.78, 5) is 14.4. The van der Waals surface area contributed by atoms with Crippen molar-refractivity contribution in [1.29, 1.82) is 0 Å². The highest BCUT2D eigenvalue weighted by molar-refractivity contribution is 6.07. The first-order valence-electron chi connectivity index (χ1n) is 11.1. The van der Waals surface area contributed by atoms with Crippen LogP contribution in [-0.2, 0) is 0 Å². The molecule has 164 valence electrons. The predicted octanol–water partition coefficient (Wildman–Crippen LogP) is 5.54. The van der Waals surface area contributed by atoms with Gasteiger partial charge >= 0.3 is 5.63 Å². The Morgan fingerprint density at radius 2 is 1.66 bits per heavy atom. The summed E-state index contributed by atoms with van der Waals surface area (Å²) in [5, 5.41) is 13.8. The molecule has 0 bridgehead atoms. The fraction of sp³-hybridized carbons (Fsp3) is 0.296. The number of phenols is 1. The van der Waals surface area contributed by atoms with E-state index in [1.54, 1.807) is 7.11 Å². The maximum atomic E-state index is 12.0. The molecule has 0 unspecified atom stereocenters. The van der Waals surface area contributed by atoms with E-state index < -0.39 is 0 Å². The number of aromatic hydroxyl groups is 1. The molecule has 0 radical (unpaired) electrons. The topological polar surface area (TPSA) is 62.9 Å². The van der Waals surface area contributed by atoms with Gasteiger partial charge < -0.3 is 14.3 Å². The average Bonchev–Trinajstić information content (AvgIpc) is 2.81. The number of hydrogen-bond donors (Lipinski definition) is 1. The number of hydrogen-bond acceptors (Lipinski definition) is 5. The minimum absolute atomic E-state index is 0.129. The fourth-order valence-corrected chi connectivity index (χ4v) is 5.03. The van der Waals surface area contributed by atoms with Crippen LogP contribution in [0, 0.1) is 6.92 Å². The number of phenolic OH excluding ortho intramolecular Hbond substituents is 1. The first-order valence-corrected chi connectivity index (χ1v) is 11.1. The summed E-state index contributed by atoms with van der Waals surface area (Å²) < 4.78 is 11.2. The highest BCUT2D eigenvalue weighted by Crippen LogP contribution is 2.43. The Labute approximate surface area is 186 Å².